The summed E-state index contributed by atoms with van der Waals surface area (Å²) < 4.78 is 22.8. The van der Waals surface area contributed by atoms with E-state index in [0.717, 1.165) is 98.8 Å². The lowest BCUT2D eigenvalue weighted by atomic mass is 9.68. The molecule has 15 nitrogen and oxygen atoms in total. The Morgan fingerprint density at radius 2 is 1.77 bits per heavy atom. The molecular weight excluding hydrogens is 883 g/mol. The second-order valence-corrected chi connectivity index (χ2v) is 18.8. The fraction of sp³-hybridized carbons (Fsp3) is 0.458. The minimum atomic E-state index is -0.668. The first kappa shape index (κ1) is 46.7. The van der Waals surface area contributed by atoms with E-state index in [4.69, 9.17) is 26.4 Å². The van der Waals surface area contributed by atoms with Gasteiger partial charge in [0, 0.05) is 72.5 Å². The molecule has 3 aromatic heterocycles. The Morgan fingerprint density at radius 1 is 0.970 bits per heavy atom. The second-order valence-electron chi connectivity index (χ2n) is 17.5. The van der Waals surface area contributed by atoms with Crippen LogP contribution in [0.15, 0.2) is 72.4 Å². The van der Waals surface area contributed by atoms with Gasteiger partial charge in [0.15, 0.2) is 16.7 Å². The lowest BCUT2D eigenvalue weighted by Gasteiger charge is -2.38. The number of hydrogen-bond acceptors (Lipinski definition) is 12. The number of benzene rings is 2. The van der Waals surface area contributed by atoms with E-state index < -0.39 is 17.8 Å². The average Bonchev–Trinajstić information content (AvgIpc) is 4.08. The monoisotopic (exact) mass is 938 g/mol. The summed E-state index contributed by atoms with van der Waals surface area (Å²) in [6.07, 6.45) is 15.6. The number of fused-ring (bicyclic) bond motifs is 1. The number of nitrogens with zero attached hydrogens (tertiary/aromatic N) is 6. The number of nitrogens with one attached hydrogen (secondary N) is 4. The predicted molar refractivity (Wildman–Crippen MR) is 250 cm³/mol. The highest BCUT2D eigenvalue weighted by Gasteiger charge is 2.41. The van der Waals surface area contributed by atoms with Crippen LogP contribution in [-0.2, 0) is 39.3 Å². The Bertz CT molecular complexity index is 2480. The number of halogens is 2. The number of aromatic nitrogens is 5. The van der Waals surface area contributed by atoms with Gasteiger partial charge in [0.2, 0.25) is 17.7 Å². The van der Waals surface area contributed by atoms with E-state index in [2.05, 4.69) is 37.7 Å². The fourth-order valence-electron chi connectivity index (χ4n) is 9.19. The molecular formula is C48H56ClFN10O5S. The Kier molecular flexibility index (Phi) is 15.7. The van der Waals surface area contributed by atoms with Crippen molar-refractivity contribution in [1.82, 2.24) is 40.5 Å². The van der Waals surface area contributed by atoms with Crippen LogP contribution in [0.1, 0.15) is 117 Å². The van der Waals surface area contributed by atoms with Gasteiger partial charge in [0.1, 0.15) is 11.9 Å². The van der Waals surface area contributed by atoms with E-state index in [9.17, 15) is 23.6 Å². The maximum Gasteiger partial charge on any atom is 0.255 e. The first-order valence-electron chi connectivity index (χ1n) is 23.0. The number of imide groups is 1. The largest absolute Gasteiger partial charge is 0.487 e. The third-order valence-corrected chi connectivity index (χ3v) is 13.7. The highest BCUT2D eigenvalue weighted by molar-refractivity contribution is 7.13. The SMILES string of the molecule is O=C1CCC(N2Cc3cc(NC(=O)CCCCCCCCCNCCn4cc(C5(Cc6cccc(Nc7nccs7)n6)CCC(Oc6cccc(Cl)c6F)CC5)nn4)ccc3C2=O)C(=O)N1. The van der Waals surface area contributed by atoms with Crippen LogP contribution < -0.4 is 26.0 Å². The molecule has 2 fully saturated rings. The Morgan fingerprint density at radius 3 is 2.58 bits per heavy atom. The van der Waals surface area contributed by atoms with E-state index in [1.54, 1.807) is 36.5 Å². The molecule has 1 unspecified atom stereocenters. The zero-order valence-electron chi connectivity index (χ0n) is 36.9. The summed E-state index contributed by atoms with van der Waals surface area (Å²) in [4.78, 5) is 60.3. The predicted octanol–water partition coefficient (Wildman–Crippen LogP) is 8.28. The molecule has 2 aliphatic heterocycles. The molecule has 0 spiro atoms. The summed E-state index contributed by atoms with van der Waals surface area (Å²) in [6, 6.07) is 15.4. The summed E-state index contributed by atoms with van der Waals surface area (Å²) in [7, 11) is 0. The standard InChI is InChI=1S/C48H56ClFN10O5S/c49-37-11-9-12-39(44(37)50)65-35-19-21-48(22-20-35,29-34-10-8-13-41(53-34)55-47-52-25-27-66-47)40-31-59(58-57-40)26-24-51-23-7-5-3-1-2-4-6-14-42(61)54-33-15-16-36-32(28-33)30-60(46(36)64)38-17-18-43(62)56-45(38)63/h8-13,15-16,25,27-28,31,35,38,51H,1-7,14,17-24,26,29-30H2,(H,54,61)(H,52,53,55)(H,56,62,63). The van der Waals surface area contributed by atoms with Crippen LogP contribution in [0.5, 0.6) is 5.75 Å². The van der Waals surface area contributed by atoms with Crippen molar-refractivity contribution in [3.63, 3.8) is 0 Å². The van der Waals surface area contributed by atoms with Crippen LogP contribution in [-0.4, -0.2) is 78.7 Å². The first-order chi connectivity index (χ1) is 32.1. The molecule has 5 heterocycles. The Labute approximate surface area is 392 Å². The minimum Gasteiger partial charge on any atom is -0.487 e. The molecule has 0 bridgehead atoms. The van der Waals surface area contributed by atoms with Gasteiger partial charge in [0.05, 0.1) is 23.4 Å². The van der Waals surface area contributed by atoms with Crippen molar-refractivity contribution in [2.45, 2.75) is 127 Å². The summed E-state index contributed by atoms with van der Waals surface area (Å²) in [5.41, 5.74) is 3.45. The molecule has 5 aromatic rings. The molecule has 4 N–H and O–H groups in total. The van der Waals surface area contributed by atoms with Crippen LogP contribution in [0.2, 0.25) is 5.02 Å². The van der Waals surface area contributed by atoms with E-state index in [0.29, 0.717) is 49.9 Å². The lowest BCUT2D eigenvalue weighted by Crippen LogP contribution is -2.52. The lowest BCUT2D eigenvalue weighted by molar-refractivity contribution is -0.137. The highest BCUT2D eigenvalue weighted by Crippen LogP contribution is 2.43. The van der Waals surface area contributed by atoms with Crippen LogP contribution in [0.3, 0.4) is 0 Å². The summed E-state index contributed by atoms with van der Waals surface area (Å²) in [5.74, 6) is -0.675. The third-order valence-electron chi connectivity index (χ3n) is 12.8. The van der Waals surface area contributed by atoms with Crippen LogP contribution >= 0.6 is 22.9 Å². The normalized spacial score (nSPS) is 19.4. The highest BCUT2D eigenvalue weighted by atomic mass is 35.5. The van der Waals surface area contributed by atoms with Crippen molar-refractivity contribution in [1.29, 1.82) is 0 Å². The quantitative estimate of drug-likeness (QED) is 0.0387. The van der Waals surface area contributed by atoms with Gasteiger partial charge in [-0.1, -0.05) is 61.1 Å². The number of amides is 4. The third kappa shape index (κ3) is 12.0. The summed E-state index contributed by atoms with van der Waals surface area (Å²) in [6.45, 7) is 2.65. The topological polar surface area (TPSA) is 185 Å². The first-order valence-corrected chi connectivity index (χ1v) is 24.3. The number of rotatable bonds is 22. The number of piperidine rings is 1. The van der Waals surface area contributed by atoms with Crippen molar-refractivity contribution in [3.05, 3.63) is 106 Å². The molecule has 3 aliphatic rings. The molecule has 1 saturated carbocycles. The van der Waals surface area contributed by atoms with Gasteiger partial charge in [-0.15, -0.1) is 16.4 Å². The number of anilines is 3. The Balaban J connectivity index is 0.720. The molecule has 1 atom stereocenters. The fourth-order valence-corrected chi connectivity index (χ4v) is 9.90. The van der Waals surface area contributed by atoms with Crippen molar-refractivity contribution in [2.75, 3.05) is 23.7 Å². The van der Waals surface area contributed by atoms with E-state index >= 15 is 0 Å². The van der Waals surface area contributed by atoms with Crippen molar-refractivity contribution in [3.8, 4) is 5.75 Å². The van der Waals surface area contributed by atoms with Gasteiger partial charge >= 0.3 is 0 Å². The summed E-state index contributed by atoms with van der Waals surface area (Å²) >= 11 is 7.55. The van der Waals surface area contributed by atoms with E-state index in [1.807, 2.05) is 28.3 Å². The van der Waals surface area contributed by atoms with Gasteiger partial charge in [-0.2, -0.15) is 0 Å². The molecule has 1 aliphatic carbocycles. The van der Waals surface area contributed by atoms with E-state index in [1.165, 1.54) is 22.3 Å². The smallest absolute Gasteiger partial charge is 0.255 e. The molecule has 8 rings (SSSR count). The van der Waals surface area contributed by atoms with Crippen LogP contribution in [0, 0.1) is 5.82 Å². The zero-order chi connectivity index (χ0) is 45.9. The Hall–Kier alpha value is -5.78. The van der Waals surface area contributed by atoms with Crippen LogP contribution in [0.4, 0.5) is 21.0 Å². The average molecular weight is 940 g/mol. The van der Waals surface area contributed by atoms with Crippen molar-refractivity contribution in [2.24, 2.45) is 0 Å². The molecule has 348 valence electrons. The maximum absolute atomic E-state index is 14.7. The molecule has 0 radical (unpaired) electrons. The van der Waals surface area contributed by atoms with Gasteiger partial charge in [0.25, 0.3) is 5.91 Å². The summed E-state index contributed by atoms with van der Waals surface area (Å²) in [5, 5.41) is 24.1. The number of thiazole rings is 1. The molecule has 2 aromatic carbocycles. The maximum atomic E-state index is 14.7. The van der Waals surface area contributed by atoms with Crippen molar-refractivity contribution >= 4 is 63.2 Å². The molecule has 4 amide bonds. The number of unbranched alkanes of at least 4 members (excludes halogenated alkanes) is 6. The van der Waals surface area contributed by atoms with Gasteiger partial charge in [-0.25, -0.2) is 14.4 Å². The van der Waals surface area contributed by atoms with Gasteiger partial charge < -0.3 is 25.6 Å². The number of carbonyl (C=O) groups excluding carboxylic acids is 4. The van der Waals surface area contributed by atoms with Gasteiger partial charge in [-0.05, 0) is 99.5 Å². The van der Waals surface area contributed by atoms with E-state index in [-0.39, 0.29) is 53.0 Å². The van der Waals surface area contributed by atoms with Crippen LogP contribution in [0.25, 0.3) is 0 Å². The van der Waals surface area contributed by atoms with Crippen molar-refractivity contribution < 1.29 is 28.3 Å². The molecule has 66 heavy (non-hydrogen) atoms. The number of ether oxygens (including phenoxy) is 1. The zero-order valence-corrected chi connectivity index (χ0v) is 38.5. The molecule has 1 saturated heterocycles. The number of carbonyl (C=O) groups is 4. The number of pyridine rings is 1. The second kappa shape index (κ2) is 22.1. The van der Waals surface area contributed by atoms with Gasteiger partial charge in [-0.3, -0.25) is 29.2 Å². The minimum absolute atomic E-state index is 0.0473. The number of hydrogen-bond donors (Lipinski definition) is 4. The molecule has 18 heteroatoms.